The van der Waals surface area contributed by atoms with Gasteiger partial charge in [0.05, 0.1) is 9.79 Å². The highest BCUT2D eigenvalue weighted by molar-refractivity contribution is 7.94. The average Bonchev–Trinajstić information content (AvgIpc) is 2.25. The zero-order valence-corrected chi connectivity index (χ0v) is 12.2. The van der Waals surface area contributed by atoms with E-state index in [0.29, 0.717) is 6.07 Å². The molecule has 1 aromatic carbocycles. The standard InChI is InChI=1S/C8H11NO8S3/c9-8(5-18(10,11)12)19(13,14)6-2-1-3-7(4-6)20(15,16)17/h1-4,8H,5,9H2,(H,10,11,12)(H,15,16,17). The first-order valence-electron chi connectivity index (χ1n) is 4.86. The molecule has 0 spiro atoms. The van der Waals surface area contributed by atoms with E-state index in [9.17, 15) is 25.3 Å². The first-order chi connectivity index (χ1) is 8.84. The van der Waals surface area contributed by atoms with Gasteiger partial charge in [0.15, 0.2) is 9.84 Å². The molecular formula is C8H11NO8S3. The molecule has 12 heteroatoms. The molecule has 0 radical (unpaired) electrons. The van der Waals surface area contributed by atoms with Crippen LogP contribution in [0.25, 0.3) is 0 Å². The topological polar surface area (TPSA) is 169 Å². The lowest BCUT2D eigenvalue weighted by Gasteiger charge is -2.11. The van der Waals surface area contributed by atoms with Crippen LogP contribution < -0.4 is 5.73 Å². The molecule has 20 heavy (non-hydrogen) atoms. The van der Waals surface area contributed by atoms with Crippen molar-refractivity contribution in [1.82, 2.24) is 0 Å². The van der Waals surface area contributed by atoms with E-state index in [4.69, 9.17) is 14.8 Å². The van der Waals surface area contributed by atoms with E-state index in [1.807, 2.05) is 0 Å². The van der Waals surface area contributed by atoms with Crippen LogP contribution >= 0.6 is 0 Å². The molecule has 114 valence electrons. The lowest BCUT2D eigenvalue weighted by Crippen LogP contribution is -2.37. The smallest absolute Gasteiger partial charge is 0.294 e. The second-order valence-electron chi connectivity index (χ2n) is 3.78. The minimum atomic E-state index is -4.62. The fraction of sp³-hybridized carbons (Fsp3) is 0.250. The van der Waals surface area contributed by atoms with Gasteiger partial charge in [-0.1, -0.05) is 6.07 Å². The third kappa shape index (κ3) is 4.22. The molecule has 1 aromatic rings. The molecule has 0 aliphatic carbocycles. The third-order valence-electron chi connectivity index (χ3n) is 2.21. The van der Waals surface area contributed by atoms with Crippen LogP contribution in [0.5, 0.6) is 0 Å². The average molecular weight is 345 g/mol. The first kappa shape index (κ1) is 17.0. The Morgan fingerprint density at radius 2 is 1.50 bits per heavy atom. The summed E-state index contributed by atoms with van der Waals surface area (Å²) in [6.07, 6.45) is 0. The number of nitrogens with two attached hydrogens (primary N) is 1. The Morgan fingerprint density at radius 3 is 1.95 bits per heavy atom. The highest BCUT2D eigenvalue weighted by Crippen LogP contribution is 2.19. The molecule has 1 rings (SSSR count). The van der Waals surface area contributed by atoms with Crippen LogP contribution in [0.3, 0.4) is 0 Å². The van der Waals surface area contributed by atoms with Gasteiger partial charge < -0.3 is 5.73 Å². The molecule has 0 bridgehead atoms. The van der Waals surface area contributed by atoms with Crippen molar-refractivity contribution >= 4 is 30.1 Å². The molecule has 0 fully saturated rings. The summed E-state index contributed by atoms with van der Waals surface area (Å²) in [5, 5.41) is -1.98. The Hall–Kier alpha value is -1.05. The minimum absolute atomic E-state index is 0.594. The van der Waals surface area contributed by atoms with Gasteiger partial charge in [-0.3, -0.25) is 9.11 Å². The van der Waals surface area contributed by atoms with Crippen LogP contribution in [0, 0.1) is 0 Å². The summed E-state index contributed by atoms with van der Waals surface area (Å²) < 4.78 is 84.3. The molecule has 0 heterocycles. The number of benzene rings is 1. The maximum absolute atomic E-state index is 11.9. The lowest BCUT2D eigenvalue weighted by atomic mass is 10.4. The molecule has 0 aliphatic rings. The predicted octanol–water partition coefficient (Wildman–Crippen LogP) is -1.12. The fourth-order valence-corrected chi connectivity index (χ4v) is 4.44. The molecule has 0 amide bonds. The molecule has 4 N–H and O–H groups in total. The van der Waals surface area contributed by atoms with Crippen molar-refractivity contribution in [2.24, 2.45) is 5.73 Å². The van der Waals surface area contributed by atoms with Gasteiger partial charge in [-0.15, -0.1) is 0 Å². The minimum Gasteiger partial charge on any atom is -0.314 e. The number of hydrogen-bond donors (Lipinski definition) is 3. The summed E-state index contributed by atoms with van der Waals surface area (Å²) in [7, 11) is -13.6. The highest BCUT2D eigenvalue weighted by Gasteiger charge is 2.29. The summed E-state index contributed by atoms with van der Waals surface area (Å²) in [6, 6.07) is 3.60. The van der Waals surface area contributed by atoms with E-state index < -0.39 is 51.0 Å². The van der Waals surface area contributed by atoms with Crippen molar-refractivity contribution in [3.8, 4) is 0 Å². The van der Waals surface area contributed by atoms with Crippen molar-refractivity contribution in [1.29, 1.82) is 0 Å². The van der Waals surface area contributed by atoms with E-state index in [0.717, 1.165) is 18.2 Å². The number of rotatable bonds is 5. The zero-order chi connectivity index (χ0) is 15.8. The van der Waals surface area contributed by atoms with Crippen LogP contribution in [0.15, 0.2) is 34.1 Å². The van der Waals surface area contributed by atoms with Gasteiger partial charge in [0.1, 0.15) is 11.1 Å². The van der Waals surface area contributed by atoms with E-state index >= 15 is 0 Å². The third-order valence-corrected chi connectivity index (χ3v) is 5.92. The summed E-state index contributed by atoms with van der Waals surface area (Å²) in [5.41, 5.74) is 5.19. The zero-order valence-electron chi connectivity index (χ0n) is 9.74. The number of hydrogen-bond acceptors (Lipinski definition) is 7. The maximum atomic E-state index is 11.9. The van der Waals surface area contributed by atoms with Gasteiger partial charge in [-0.05, 0) is 18.2 Å². The van der Waals surface area contributed by atoms with Crippen molar-refractivity contribution in [2.75, 3.05) is 5.75 Å². The maximum Gasteiger partial charge on any atom is 0.294 e. The Kier molecular flexibility index (Phi) is 4.58. The van der Waals surface area contributed by atoms with E-state index in [1.165, 1.54) is 0 Å². The van der Waals surface area contributed by atoms with Crippen molar-refractivity contribution < 1.29 is 34.4 Å². The quantitative estimate of drug-likeness (QED) is 0.559. The van der Waals surface area contributed by atoms with E-state index in [2.05, 4.69) is 0 Å². The van der Waals surface area contributed by atoms with Crippen molar-refractivity contribution in [3.05, 3.63) is 24.3 Å². The van der Waals surface area contributed by atoms with Gasteiger partial charge in [-0.25, -0.2) is 8.42 Å². The van der Waals surface area contributed by atoms with Crippen LogP contribution in [-0.2, 0) is 30.1 Å². The lowest BCUT2D eigenvalue weighted by molar-refractivity contribution is 0.478. The molecule has 0 aliphatic heterocycles. The molecule has 1 unspecified atom stereocenters. The summed E-state index contributed by atoms with van der Waals surface area (Å²) in [6.45, 7) is 0. The monoisotopic (exact) mass is 345 g/mol. The Labute approximate surface area is 115 Å². The van der Waals surface area contributed by atoms with Crippen molar-refractivity contribution in [2.45, 2.75) is 15.2 Å². The van der Waals surface area contributed by atoms with Crippen LogP contribution in [0.2, 0.25) is 0 Å². The Balaban J connectivity index is 3.30. The Morgan fingerprint density at radius 1 is 1.00 bits per heavy atom. The molecule has 0 saturated carbocycles. The van der Waals surface area contributed by atoms with Crippen LogP contribution in [0.1, 0.15) is 0 Å². The summed E-state index contributed by atoms with van der Waals surface area (Å²) >= 11 is 0. The number of sulfone groups is 1. The normalized spacial score (nSPS) is 14.9. The van der Waals surface area contributed by atoms with Gasteiger partial charge >= 0.3 is 0 Å². The molecule has 0 aromatic heterocycles. The predicted molar refractivity (Wildman–Crippen MR) is 67.8 cm³/mol. The van der Waals surface area contributed by atoms with Crippen molar-refractivity contribution in [3.63, 3.8) is 0 Å². The summed E-state index contributed by atoms with van der Waals surface area (Å²) in [4.78, 5) is -1.28. The second kappa shape index (κ2) is 5.38. The SMILES string of the molecule is NC(CS(=O)(=O)O)S(=O)(=O)c1cccc(S(=O)(=O)O)c1. The molecule has 9 nitrogen and oxygen atoms in total. The second-order valence-corrected chi connectivity index (χ2v) is 8.87. The van der Waals surface area contributed by atoms with E-state index in [1.54, 1.807) is 0 Å². The molecule has 0 saturated heterocycles. The van der Waals surface area contributed by atoms with Gasteiger partial charge in [0.2, 0.25) is 0 Å². The highest BCUT2D eigenvalue weighted by atomic mass is 32.2. The van der Waals surface area contributed by atoms with E-state index in [-0.39, 0.29) is 0 Å². The Bertz CT molecular complexity index is 809. The first-order valence-corrected chi connectivity index (χ1v) is 9.46. The van der Waals surface area contributed by atoms with Crippen LogP contribution in [-0.4, -0.2) is 45.5 Å². The largest absolute Gasteiger partial charge is 0.314 e. The molecule has 1 atom stereocenters. The fourth-order valence-electron chi connectivity index (χ4n) is 1.28. The van der Waals surface area contributed by atoms with Gasteiger partial charge in [0, 0.05) is 0 Å². The van der Waals surface area contributed by atoms with Crippen LogP contribution in [0.4, 0.5) is 0 Å². The molecular weight excluding hydrogens is 334 g/mol. The van der Waals surface area contributed by atoms with Gasteiger partial charge in [-0.2, -0.15) is 16.8 Å². The van der Waals surface area contributed by atoms with Gasteiger partial charge in [0.25, 0.3) is 20.2 Å². The summed E-state index contributed by atoms with van der Waals surface area (Å²) in [5.74, 6) is -1.24.